The molecule has 2 aromatic heterocycles. The average Bonchev–Trinajstić information content (AvgIpc) is 3.87. The number of rotatable bonds is 7. The van der Waals surface area contributed by atoms with Crippen LogP contribution >= 0.6 is 11.3 Å². The average molecular weight is 795 g/mol. The van der Waals surface area contributed by atoms with Gasteiger partial charge in [-0.3, -0.25) is 0 Å². The topological polar surface area (TPSA) is 8.17 Å². The summed E-state index contributed by atoms with van der Waals surface area (Å²) < 4.78 is 5.03. The van der Waals surface area contributed by atoms with Crippen LogP contribution in [0, 0.1) is 0 Å². The molecule has 0 radical (unpaired) electrons. The van der Waals surface area contributed by atoms with Crippen LogP contribution in [-0.2, 0) is 0 Å². The SMILES string of the molecule is c1ccc(-n2c3ccccc3c3ccc(-c4ccc(N(c5ccc(-c6ccc7ccccc7c6)cc5)c5ccc(-c6ccc7c(c6)sc6ccccc67)cc5)cc4)cc32)cc1. The molecule has 61 heavy (non-hydrogen) atoms. The highest BCUT2D eigenvalue weighted by Gasteiger charge is 2.16. The number of thiophene rings is 1. The van der Waals surface area contributed by atoms with Crippen LogP contribution in [0.5, 0.6) is 0 Å². The second kappa shape index (κ2) is 14.5. The molecule has 0 amide bonds. The number of anilines is 3. The fourth-order valence-electron chi connectivity index (χ4n) is 9.14. The van der Waals surface area contributed by atoms with Crippen molar-refractivity contribution in [3.05, 3.63) is 231 Å². The maximum atomic E-state index is 2.39. The standard InChI is InChI=1S/C58H38N2S/c1-2-12-47(13-3-1)60-55-16-8-6-14-51(55)52-34-26-45(37-56(52)60)41-22-30-49(31-23-41)59(48-28-20-40(21-29-48)44-19-18-39-10-4-5-11-43(39)36-44)50-32-24-42(25-33-50)46-27-35-54-53-15-7-9-17-57(53)61-58(54)38-46/h1-38H. The van der Waals surface area contributed by atoms with Crippen LogP contribution in [0.4, 0.5) is 17.1 Å². The molecule has 0 aliphatic rings. The van der Waals surface area contributed by atoms with Crippen molar-refractivity contribution in [1.82, 2.24) is 4.57 Å². The molecule has 3 heteroatoms. The molecular weight excluding hydrogens is 757 g/mol. The fraction of sp³-hybridized carbons (Fsp3) is 0. The molecule has 0 aliphatic carbocycles. The molecule has 0 atom stereocenters. The second-order valence-electron chi connectivity index (χ2n) is 15.8. The van der Waals surface area contributed by atoms with Gasteiger partial charge in [0.25, 0.3) is 0 Å². The minimum absolute atomic E-state index is 1.10. The van der Waals surface area contributed by atoms with Crippen LogP contribution in [0.25, 0.3) is 91.8 Å². The molecule has 12 rings (SSSR count). The molecule has 286 valence electrons. The Morgan fingerprint density at radius 1 is 0.295 bits per heavy atom. The van der Waals surface area contributed by atoms with Gasteiger partial charge in [-0.1, -0.05) is 152 Å². The Morgan fingerprint density at radius 3 is 1.46 bits per heavy atom. The first-order valence-electron chi connectivity index (χ1n) is 20.8. The highest BCUT2D eigenvalue weighted by atomic mass is 32.1. The van der Waals surface area contributed by atoms with Gasteiger partial charge < -0.3 is 9.47 Å². The molecule has 10 aromatic carbocycles. The van der Waals surface area contributed by atoms with Crippen molar-refractivity contribution in [2.75, 3.05) is 4.90 Å². The molecule has 0 saturated heterocycles. The van der Waals surface area contributed by atoms with Crippen molar-refractivity contribution in [1.29, 1.82) is 0 Å². The number of nitrogens with zero attached hydrogens (tertiary/aromatic N) is 2. The number of fused-ring (bicyclic) bond motifs is 7. The predicted molar refractivity (Wildman–Crippen MR) is 262 cm³/mol. The lowest BCUT2D eigenvalue weighted by Gasteiger charge is -2.26. The minimum Gasteiger partial charge on any atom is -0.311 e. The van der Waals surface area contributed by atoms with Gasteiger partial charge in [0.1, 0.15) is 0 Å². The van der Waals surface area contributed by atoms with E-state index in [-0.39, 0.29) is 0 Å². The zero-order valence-corrected chi connectivity index (χ0v) is 34.1. The zero-order valence-electron chi connectivity index (χ0n) is 33.2. The van der Waals surface area contributed by atoms with Crippen LogP contribution < -0.4 is 4.90 Å². The summed E-state index contributed by atoms with van der Waals surface area (Å²) in [6, 6.07) is 84.2. The summed E-state index contributed by atoms with van der Waals surface area (Å²) in [5.41, 5.74) is 14.1. The van der Waals surface area contributed by atoms with E-state index in [0.717, 1.165) is 22.7 Å². The first-order chi connectivity index (χ1) is 30.2. The van der Waals surface area contributed by atoms with Crippen molar-refractivity contribution < 1.29 is 0 Å². The van der Waals surface area contributed by atoms with Gasteiger partial charge in [-0.2, -0.15) is 0 Å². The summed E-state index contributed by atoms with van der Waals surface area (Å²) in [6.45, 7) is 0. The van der Waals surface area contributed by atoms with E-state index >= 15 is 0 Å². The number of aromatic nitrogens is 1. The Hall–Kier alpha value is -7.72. The normalized spacial score (nSPS) is 11.6. The van der Waals surface area contributed by atoms with Crippen LogP contribution in [0.15, 0.2) is 231 Å². The lowest BCUT2D eigenvalue weighted by atomic mass is 10.00. The molecule has 2 nitrogen and oxygen atoms in total. The number of benzene rings is 10. The van der Waals surface area contributed by atoms with E-state index in [1.165, 1.54) is 86.1 Å². The van der Waals surface area contributed by atoms with E-state index in [0.29, 0.717) is 0 Å². The molecule has 0 bridgehead atoms. The van der Waals surface area contributed by atoms with E-state index in [1.807, 2.05) is 11.3 Å². The first kappa shape index (κ1) is 35.2. The van der Waals surface area contributed by atoms with E-state index in [1.54, 1.807) is 0 Å². The molecular formula is C58H38N2S. The highest BCUT2D eigenvalue weighted by molar-refractivity contribution is 7.25. The van der Waals surface area contributed by atoms with Gasteiger partial charge in [0.15, 0.2) is 0 Å². The summed E-state index contributed by atoms with van der Waals surface area (Å²) in [5.74, 6) is 0. The van der Waals surface area contributed by atoms with E-state index in [2.05, 4.69) is 240 Å². The lowest BCUT2D eigenvalue weighted by Crippen LogP contribution is -2.09. The Kier molecular flexibility index (Phi) is 8.39. The molecule has 0 spiro atoms. The predicted octanol–water partition coefficient (Wildman–Crippen LogP) is 16.8. The third-order valence-corrected chi connectivity index (χ3v) is 13.3. The molecule has 0 aliphatic heterocycles. The first-order valence-corrected chi connectivity index (χ1v) is 21.6. The molecule has 0 saturated carbocycles. The molecule has 0 fully saturated rings. The summed E-state index contributed by atoms with van der Waals surface area (Å²) in [5, 5.41) is 7.67. The van der Waals surface area contributed by atoms with Crippen molar-refractivity contribution in [2.45, 2.75) is 0 Å². The van der Waals surface area contributed by atoms with Crippen molar-refractivity contribution >= 4 is 81.1 Å². The summed E-state index contributed by atoms with van der Waals surface area (Å²) in [4.78, 5) is 2.36. The quantitative estimate of drug-likeness (QED) is 0.156. The molecule has 12 aromatic rings. The van der Waals surface area contributed by atoms with Gasteiger partial charge >= 0.3 is 0 Å². The second-order valence-corrected chi connectivity index (χ2v) is 16.9. The third kappa shape index (κ3) is 6.18. The van der Waals surface area contributed by atoms with Gasteiger partial charge in [-0.25, -0.2) is 0 Å². The van der Waals surface area contributed by atoms with Gasteiger partial charge in [0.05, 0.1) is 11.0 Å². The van der Waals surface area contributed by atoms with Gasteiger partial charge in [-0.05, 0) is 123 Å². The molecule has 2 heterocycles. The smallest absolute Gasteiger partial charge is 0.0547 e. The van der Waals surface area contributed by atoms with Crippen LogP contribution in [0.2, 0.25) is 0 Å². The van der Waals surface area contributed by atoms with E-state index in [4.69, 9.17) is 0 Å². The van der Waals surface area contributed by atoms with Crippen LogP contribution in [-0.4, -0.2) is 4.57 Å². The van der Waals surface area contributed by atoms with Crippen molar-refractivity contribution in [3.63, 3.8) is 0 Å². The van der Waals surface area contributed by atoms with Gasteiger partial charge in [-0.15, -0.1) is 11.3 Å². The summed E-state index contributed by atoms with van der Waals surface area (Å²) in [6.07, 6.45) is 0. The zero-order chi connectivity index (χ0) is 40.3. The van der Waals surface area contributed by atoms with Crippen molar-refractivity contribution in [3.8, 4) is 39.1 Å². The number of para-hydroxylation sites is 2. The summed E-state index contributed by atoms with van der Waals surface area (Å²) >= 11 is 1.86. The highest BCUT2D eigenvalue weighted by Crippen LogP contribution is 2.41. The van der Waals surface area contributed by atoms with E-state index < -0.39 is 0 Å². The van der Waals surface area contributed by atoms with Crippen LogP contribution in [0.3, 0.4) is 0 Å². The molecule has 0 N–H and O–H groups in total. The molecule has 0 unspecified atom stereocenters. The largest absolute Gasteiger partial charge is 0.311 e. The Morgan fingerprint density at radius 2 is 0.770 bits per heavy atom. The maximum Gasteiger partial charge on any atom is 0.0547 e. The number of hydrogen-bond acceptors (Lipinski definition) is 2. The monoisotopic (exact) mass is 794 g/mol. The lowest BCUT2D eigenvalue weighted by molar-refractivity contribution is 1.18. The van der Waals surface area contributed by atoms with Gasteiger partial charge in [0, 0.05) is 53.7 Å². The van der Waals surface area contributed by atoms with Gasteiger partial charge in [0.2, 0.25) is 0 Å². The number of hydrogen-bond donors (Lipinski definition) is 0. The van der Waals surface area contributed by atoms with E-state index in [9.17, 15) is 0 Å². The Labute approximate surface area is 358 Å². The van der Waals surface area contributed by atoms with Crippen LogP contribution in [0.1, 0.15) is 0 Å². The maximum absolute atomic E-state index is 2.39. The Balaban J connectivity index is 0.925. The fourth-order valence-corrected chi connectivity index (χ4v) is 10.3. The van der Waals surface area contributed by atoms with Crippen molar-refractivity contribution in [2.24, 2.45) is 0 Å². The minimum atomic E-state index is 1.10. The summed E-state index contributed by atoms with van der Waals surface area (Å²) in [7, 11) is 0. The Bertz CT molecular complexity index is 3560. The third-order valence-electron chi connectivity index (χ3n) is 12.2.